The first-order valence-corrected chi connectivity index (χ1v) is 12.8. The van der Waals surface area contributed by atoms with Crippen molar-refractivity contribution in [2.45, 2.75) is 44.6 Å². The van der Waals surface area contributed by atoms with Gasteiger partial charge in [0.25, 0.3) is 0 Å². The van der Waals surface area contributed by atoms with Crippen molar-refractivity contribution in [2.24, 2.45) is 5.73 Å². The van der Waals surface area contributed by atoms with Gasteiger partial charge >= 0.3 is 5.97 Å². The van der Waals surface area contributed by atoms with Gasteiger partial charge in [0, 0.05) is 21.3 Å². The van der Waals surface area contributed by atoms with E-state index < -0.39 is 18.7 Å². The summed E-state index contributed by atoms with van der Waals surface area (Å²) < 4.78 is 29.8. The number of methoxy groups -OCH3 is 1. The minimum Gasteiger partial charge on any atom is -0.489 e. The maximum absolute atomic E-state index is 13.1. The summed E-state index contributed by atoms with van der Waals surface area (Å²) in [6.07, 6.45) is 1.64. The standard InChI is InChI=1S/C27H23FN2O4.C4H10S/c1-32-26(31)13-21-6-5-17(15-29)11-25(21)34-16-18-9-22-7-8-33-27(22)23(10-18)19-3-2-4-20(12-19)24(30)14-28;1-4(2,3)5/h2-12,24H,13-14,16,30H2,1H3;5H,1-3H3. The van der Waals surface area contributed by atoms with Gasteiger partial charge in [-0.3, -0.25) is 4.79 Å². The minimum atomic E-state index is -0.695. The largest absolute Gasteiger partial charge is 0.489 e. The highest BCUT2D eigenvalue weighted by molar-refractivity contribution is 7.81. The molecular formula is C31H33FN2O4S. The molecule has 6 nitrogen and oxygen atoms in total. The molecule has 0 amide bonds. The molecule has 0 aliphatic rings. The molecule has 0 saturated heterocycles. The zero-order chi connectivity index (χ0) is 28.6. The fourth-order valence-corrected chi connectivity index (χ4v) is 3.76. The van der Waals surface area contributed by atoms with Crippen LogP contribution >= 0.6 is 12.6 Å². The van der Waals surface area contributed by atoms with Gasteiger partial charge in [-0.2, -0.15) is 17.9 Å². The van der Waals surface area contributed by atoms with E-state index in [-0.39, 0.29) is 17.8 Å². The molecular weight excluding hydrogens is 515 g/mol. The van der Waals surface area contributed by atoms with E-state index in [4.69, 9.17) is 19.6 Å². The van der Waals surface area contributed by atoms with Gasteiger partial charge in [0.1, 0.15) is 24.6 Å². The number of rotatable bonds is 8. The Morgan fingerprint density at radius 1 is 1.15 bits per heavy atom. The van der Waals surface area contributed by atoms with Crippen LogP contribution in [0.25, 0.3) is 22.1 Å². The summed E-state index contributed by atoms with van der Waals surface area (Å²) in [6, 6.07) is 19.5. The molecule has 4 rings (SSSR count). The summed E-state index contributed by atoms with van der Waals surface area (Å²) in [4.78, 5) is 11.8. The second kappa shape index (κ2) is 13.3. The molecule has 0 fully saturated rings. The lowest BCUT2D eigenvalue weighted by molar-refractivity contribution is -0.139. The van der Waals surface area contributed by atoms with Crippen molar-refractivity contribution >= 4 is 29.6 Å². The lowest BCUT2D eigenvalue weighted by Crippen LogP contribution is -2.11. The van der Waals surface area contributed by atoms with Crippen molar-refractivity contribution in [2.75, 3.05) is 13.8 Å². The molecule has 0 spiro atoms. The average Bonchev–Trinajstić information content (AvgIpc) is 3.39. The number of benzene rings is 3. The van der Waals surface area contributed by atoms with Crippen molar-refractivity contribution in [1.82, 2.24) is 0 Å². The highest BCUT2D eigenvalue weighted by Crippen LogP contribution is 2.33. The zero-order valence-corrected chi connectivity index (χ0v) is 23.4. The molecule has 39 heavy (non-hydrogen) atoms. The number of alkyl halides is 1. The predicted molar refractivity (Wildman–Crippen MR) is 155 cm³/mol. The Morgan fingerprint density at radius 3 is 2.56 bits per heavy atom. The topological polar surface area (TPSA) is 98.5 Å². The number of furan rings is 1. The van der Waals surface area contributed by atoms with Gasteiger partial charge in [-0.15, -0.1) is 0 Å². The lowest BCUT2D eigenvalue weighted by Gasteiger charge is -2.14. The number of ether oxygens (including phenoxy) is 2. The molecule has 1 unspecified atom stereocenters. The monoisotopic (exact) mass is 548 g/mol. The number of nitrogens with two attached hydrogens (primary N) is 1. The fraction of sp³-hybridized carbons (Fsp3) is 0.290. The van der Waals surface area contributed by atoms with E-state index >= 15 is 0 Å². The van der Waals surface area contributed by atoms with E-state index in [1.54, 1.807) is 30.5 Å². The number of nitriles is 1. The number of nitrogens with zero attached hydrogens (tertiary/aromatic N) is 1. The molecule has 0 bridgehead atoms. The van der Waals surface area contributed by atoms with E-state index in [1.807, 2.05) is 36.4 Å². The molecule has 8 heteroatoms. The molecule has 1 atom stereocenters. The number of carbonyl (C=O) groups excluding carboxylic acids is 1. The second-order valence-corrected chi connectivity index (χ2v) is 11.4. The first-order chi connectivity index (χ1) is 18.5. The summed E-state index contributed by atoms with van der Waals surface area (Å²) in [5.41, 5.74) is 10.9. The SMILES string of the molecule is CC(C)(C)S.COC(=O)Cc1ccc(C#N)cc1OCc1cc(-c2cccc(C(N)CF)c2)c2occc2c1. The number of hydrogen-bond donors (Lipinski definition) is 2. The first kappa shape index (κ1) is 29.8. The van der Waals surface area contributed by atoms with E-state index in [1.165, 1.54) is 7.11 Å². The van der Waals surface area contributed by atoms with Crippen LogP contribution in [0.15, 0.2) is 71.3 Å². The average molecular weight is 549 g/mol. The van der Waals surface area contributed by atoms with Gasteiger partial charge in [-0.1, -0.05) is 45.0 Å². The highest BCUT2D eigenvalue weighted by atomic mass is 32.1. The quantitative estimate of drug-likeness (QED) is 0.183. The van der Waals surface area contributed by atoms with Crippen LogP contribution in [0.3, 0.4) is 0 Å². The highest BCUT2D eigenvalue weighted by Gasteiger charge is 2.14. The minimum absolute atomic E-state index is 0.0329. The van der Waals surface area contributed by atoms with Crippen LogP contribution in [0.1, 0.15) is 49.1 Å². The van der Waals surface area contributed by atoms with Gasteiger partial charge in [0.05, 0.1) is 37.5 Å². The van der Waals surface area contributed by atoms with Crippen LogP contribution in [0.5, 0.6) is 5.75 Å². The van der Waals surface area contributed by atoms with Crippen LogP contribution in [-0.2, 0) is 22.6 Å². The Hall–Kier alpha value is -3.80. The third-order valence-corrected chi connectivity index (χ3v) is 5.56. The number of carbonyl (C=O) groups is 1. The summed E-state index contributed by atoms with van der Waals surface area (Å²) in [7, 11) is 1.32. The number of halogens is 1. The van der Waals surface area contributed by atoms with Gasteiger partial charge < -0.3 is 19.6 Å². The summed E-state index contributed by atoms with van der Waals surface area (Å²) in [6.45, 7) is 5.70. The van der Waals surface area contributed by atoms with Crippen molar-refractivity contribution in [1.29, 1.82) is 5.26 Å². The molecule has 2 N–H and O–H groups in total. The molecule has 1 heterocycles. The van der Waals surface area contributed by atoms with Crippen molar-refractivity contribution < 1.29 is 23.1 Å². The van der Waals surface area contributed by atoms with Crippen molar-refractivity contribution in [3.05, 3.63) is 89.2 Å². The van der Waals surface area contributed by atoms with Crippen LogP contribution in [-0.4, -0.2) is 24.5 Å². The van der Waals surface area contributed by atoms with Crippen LogP contribution in [0.2, 0.25) is 0 Å². The molecule has 0 saturated carbocycles. The van der Waals surface area contributed by atoms with Crippen LogP contribution in [0, 0.1) is 11.3 Å². The molecule has 0 radical (unpaired) electrons. The van der Waals surface area contributed by atoms with Crippen LogP contribution in [0.4, 0.5) is 4.39 Å². The van der Waals surface area contributed by atoms with Crippen molar-refractivity contribution in [3.63, 3.8) is 0 Å². The summed E-state index contributed by atoms with van der Waals surface area (Å²) >= 11 is 4.12. The van der Waals surface area contributed by atoms with Gasteiger partial charge in [-0.05, 0) is 53.1 Å². The van der Waals surface area contributed by atoms with Gasteiger partial charge in [-0.25, -0.2) is 4.39 Å². The molecule has 3 aromatic carbocycles. The molecule has 0 aliphatic heterocycles. The number of fused-ring (bicyclic) bond motifs is 1. The Balaban J connectivity index is 0.000000771. The smallest absolute Gasteiger partial charge is 0.310 e. The van der Waals surface area contributed by atoms with Gasteiger partial charge in [0.15, 0.2) is 0 Å². The Morgan fingerprint density at radius 2 is 1.90 bits per heavy atom. The summed E-state index contributed by atoms with van der Waals surface area (Å²) in [5.74, 6) is 0.0391. The predicted octanol–water partition coefficient (Wildman–Crippen LogP) is 6.95. The number of thiol groups is 1. The second-order valence-electron chi connectivity index (χ2n) is 10.0. The third kappa shape index (κ3) is 8.60. The van der Waals surface area contributed by atoms with E-state index in [9.17, 15) is 14.4 Å². The normalized spacial score (nSPS) is 11.7. The Bertz CT molecular complexity index is 1460. The lowest BCUT2D eigenvalue weighted by atomic mass is 9.97. The van der Waals surface area contributed by atoms with Crippen molar-refractivity contribution in [3.8, 4) is 22.9 Å². The third-order valence-electron chi connectivity index (χ3n) is 5.56. The molecule has 0 aliphatic carbocycles. The maximum atomic E-state index is 13.1. The Labute approximate surface area is 233 Å². The molecule has 1 aromatic heterocycles. The van der Waals surface area contributed by atoms with E-state index in [2.05, 4.69) is 39.5 Å². The Kier molecular flexibility index (Phi) is 10.2. The summed E-state index contributed by atoms with van der Waals surface area (Å²) in [5, 5.41) is 10.1. The molecule has 204 valence electrons. The number of hydrogen-bond acceptors (Lipinski definition) is 7. The molecule has 4 aromatic rings. The van der Waals surface area contributed by atoms with Gasteiger partial charge in [0.2, 0.25) is 0 Å². The first-order valence-electron chi connectivity index (χ1n) is 12.4. The zero-order valence-electron chi connectivity index (χ0n) is 22.5. The van der Waals surface area contributed by atoms with E-state index in [0.717, 1.165) is 22.1 Å². The fourth-order valence-electron chi connectivity index (χ4n) is 3.76. The number of esters is 1. The maximum Gasteiger partial charge on any atom is 0.310 e. The van der Waals surface area contributed by atoms with E-state index in [0.29, 0.717) is 28.0 Å². The van der Waals surface area contributed by atoms with Crippen LogP contribution < -0.4 is 10.5 Å².